The van der Waals surface area contributed by atoms with Gasteiger partial charge in [-0.3, -0.25) is 4.99 Å². The van der Waals surface area contributed by atoms with Crippen LogP contribution in [-0.4, -0.2) is 48.7 Å². The maximum absolute atomic E-state index is 12.0. The van der Waals surface area contributed by atoms with E-state index in [9.17, 15) is 4.79 Å². The molecule has 27 heavy (non-hydrogen) atoms. The van der Waals surface area contributed by atoms with E-state index < -0.39 is 5.60 Å². The molecule has 1 heterocycles. The molecule has 1 aliphatic carbocycles. The Balaban J connectivity index is 1.49. The first-order valence-electron chi connectivity index (χ1n) is 9.90. The van der Waals surface area contributed by atoms with Gasteiger partial charge in [-0.2, -0.15) is 0 Å². The van der Waals surface area contributed by atoms with E-state index in [-0.39, 0.29) is 12.1 Å². The lowest BCUT2D eigenvalue weighted by Crippen LogP contribution is -2.44. The predicted octanol–water partition coefficient (Wildman–Crippen LogP) is 2.85. The first-order valence-corrected chi connectivity index (χ1v) is 9.90. The molecule has 2 N–H and O–H groups in total. The van der Waals surface area contributed by atoms with Crippen LogP contribution in [0.1, 0.15) is 50.3 Å². The Labute approximate surface area is 162 Å². The summed E-state index contributed by atoms with van der Waals surface area (Å²) in [5.74, 6) is 0.879. The Kier molecular flexibility index (Phi) is 5.92. The average Bonchev–Trinajstić information content (AvgIpc) is 3.22. The molecule has 6 nitrogen and oxygen atoms in total. The van der Waals surface area contributed by atoms with Gasteiger partial charge in [0.25, 0.3) is 0 Å². The summed E-state index contributed by atoms with van der Waals surface area (Å²) in [7, 11) is 1.81. The van der Waals surface area contributed by atoms with Crippen molar-refractivity contribution in [3.8, 4) is 0 Å². The number of ether oxygens (including phenoxy) is 1. The number of benzene rings is 1. The van der Waals surface area contributed by atoms with Crippen molar-refractivity contribution in [2.75, 3.05) is 20.1 Å². The van der Waals surface area contributed by atoms with E-state index in [2.05, 4.69) is 38.7 Å². The van der Waals surface area contributed by atoms with Gasteiger partial charge in [-0.25, -0.2) is 4.79 Å². The van der Waals surface area contributed by atoms with Crippen LogP contribution in [0, 0.1) is 0 Å². The Morgan fingerprint density at radius 2 is 2.07 bits per heavy atom. The number of aryl methyl sites for hydroxylation is 2. The highest BCUT2D eigenvalue weighted by atomic mass is 16.6. The summed E-state index contributed by atoms with van der Waals surface area (Å²) in [5, 5.41) is 6.42. The van der Waals surface area contributed by atoms with Crippen molar-refractivity contribution in [2.45, 2.75) is 64.6 Å². The number of rotatable bonds is 3. The van der Waals surface area contributed by atoms with Gasteiger partial charge >= 0.3 is 6.09 Å². The average molecular weight is 373 g/mol. The van der Waals surface area contributed by atoms with Crippen molar-refractivity contribution >= 4 is 12.1 Å². The highest BCUT2D eigenvalue weighted by Gasteiger charge is 2.27. The van der Waals surface area contributed by atoms with Gasteiger partial charge in [0, 0.05) is 26.7 Å². The van der Waals surface area contributed by atoms with E-state index >= 15 is 0 Å². The number of hydrogen-bond donors (Lipinski definition) is 2. The number of nitrogens with one attached hydrogen (secondary N) is 2. The quantitative estimate of drug-likeness (QED) is 0.632. The molecular formula is C21H32N4O2. The zero-order valence-electron chi connectivity index (χ0n) is 17.0. The van der Waals surface area contributed by atoms with Gasteiger partial charge in [-0.15, -0.1) is 0 Å². The van der Waals surface area contributed by atoms with Crippen molar-refractivity contribution in [1.82, 2.24) is 15.5 Å². The zero-order chi connectivity index (χ0) is 19.4. The molecule has 1 aromatic rings. The number of amides is 1. The molecule has 0 bridgehead atoms. The van der Waals surface area contributed by atoms with Crippen LogP contribution in [0.3, 0.4) is 0 Å². The molecule has 1 aliphatic heterocycles. The second-order valence-corrected chi connectivity index (χ2v) is 8.44. The fourth-order valence-corrected chi connectivity index (χ4v) is 3.79. The first kappa shape index (κ1) is 19.5. The maximum atomic E-state index is 12.0. The summed E-state index contributed by atoms with van der Waals surface area (Å²) >= 11 is 0. The number of carbonyl (C=O) groups is 1. The Hall–Kier alpha value is -2.24. The number of aliphatic imine (C=N–C) groups is 1. The fraction of sp³-hybridized carbons (Fsp3) is 0.619. The van der Waals surface area contributed by atoms with E-state index in [4.69, 9.17) is 4.74 Å². The molecule has 1 unspecified atom stereocenters. The van der Waals surface area contributed by atoms with E-state index in [0.717, 1.165) is 32.0 Å². The van der Waals surface area contributed by atoms with E-state index in [0.29, 0.717) is 0 Å². The summed E-state index contributed by atoms with van der Waals surface area (Å²) < 4.78 is 5.35. The normalized spacial score (nSPS) is 19.8. The van der Waals surface area contributed by atoms with E-state index in [1.807, 2.05) is 20.8 Å². The van der Waals surface area contributed by atoms with Crippen LogP contribution >= 0.6 is 0 Å². The Bertz CT molecular complexity index is 709. The van der Waals surface area contributed by atoms with E-state index in [1.165, 1.54) is 36.0 Å². The third kappa shape index (κ3) is 5.37. The summed E-state index contributed by atoms with van der Waals surface area (Å²) in [4.78, 5) is 18.6. The van der Waals surface area contributed by atoms with Crippen LogP contribution < -0.4 is 10.6 Å². The third-order valence-electron chi connectivity index (χ3n) is 5.03. The fourth-order valence-electron chi connectivity index (χ4n) is 3.79. The van der Waals surface area contributed by atoms with Crippen LogP contribution in [0.25, 0.3) is 0 Å². The monoisotopic (exact) mass is 372 g/mol. The minimum Gasteiger partial charge on any atom is -0.444 e. The smallest absolute Gasteiger partial charge is 0.407 e. The SMILES string of the molecule is CN=C(NCc1ccc2c(c1)CCC2)N1CCC(NC(=O)OC(C)(C)C)C1. The first-order chi connectivity index (χ1) is 12.8. The lowest BCUT2D eigenvalue weighted by molar-refractivity contribution is 0.0507. The van der Waals surface area contributed by atoms with Crippen LogP contribution in [0.2, 0.25) is 0 Å². The second-order valence-electron chi connectivity index (χ2n) is 8.44. The molecule has 0 radical (unpaired) electrons. The summed E-state index contributed by atoms with van der Waals surface area (Å²) in [6.07, 6.45) is 4.22. The second kappa shape index (κ2) is 8.19. The lowest BCUT2D eigenvalue weighted by atomic mass is 10.1. The minimum atomic E-state index is -0.476. The summed E-state index contributed by atoms with van der Waals surface area (Å²) in [5.41, 5.74) is 3.81. The zero-order valence-corrected chi connectivity index (χ0v) is 17.0. The van der Waals surface area contributed by atoms with Crippen LogP contribution in [-0.2, 0) is 24.1 Å². The summed E-state index contributed by atoms with van der Waals surface area (Å²) in [6, 6.07) is 6.87. The summed E-state index contributed by atoms with van der Waals surface area (Å²) in [6.45, 7) is 7.99. The highest BCUT2D eigenvalue weighted by molar-refractivity contribution is 5.80. The van der Waals surface area contributed by atoms with Crippen LogP contribution in [0.4, 0.5) is 4.79 Å². The predicted molar refractivity (Wildman–Crippen MR) is 108 cm³/mol. The molecule has 1 saturated heterocycles. The molecule has 1 fully saturated rings. The Morgan fingerprint density at radius 1 is 1.30 bits per heavy atom. The number of nitrogens with zero attached hydrogens (tertiary/aromatic N) is 2. The van der Waals surface area contributed by atoms with Crippen molar-refractivity contribution < 1.29 is 9.53 Å². The van der Waals surface area contributed by atoms with Gasteiger partial charge < -0.3 is 20.3 Å². The van der Waals surface area contributed by atoms with Crippen molar-refractivity contribution in [2.24, 2.45) is 4.99 Å². The Morgan fingerprint density at radius 3 is 2.81 bits per heavy atom. The molecule has 1 atom stereocenters. The largest absolute Gasteiger partial charge is 0.444 e. The number of alkyl carbamates (subject to hydrolysis) is 1. The van der Waals surface area contributed by atoms with Gasteiger partial charge in [0.2, 0.25) is 0 Å². The number of carbonyl (C=O) groups excluding carboxylic acids is 1. The minimum absolute atomic E-state index is 0.0818. The number of fused-ring (bicyclic) bond motifs is 1. The maximum Gasteiger partial charge on any atom is 0.407 e. The molecule has 1 amide bonds. The van der Waals surface area contributed by atoms with Crippen molar-refractivity contribution in [3.05, 3.63) is 34.9 Å². The van der Waals surface area contributed by atoms with Gasteiger partial charge in [-0.1, -0.05) is 18.2 Å². The van der Waals surface area contributed by atoms with Gasteiger partial charge in [0.1, 0.15) is 5.60 Å². The van der Waals surface area contributed by atoms with Gasteiger partial charge in [0.15, 0.2) is 5.96 Å². The molecule has 2 aliphatic rings. The molecule has 148 valence electrons. The highest BCUT2D eigenvalue weighted by Crippen LogP contribution is 2.22. The van der Waals surface area contributed by atoms with Gasteiger partial charge in [0.05, 0.1) is 6.04 Å². The van der Waals surface area contributed by atoms with Crippen LogP contribution in [0.15, 0.2) is 23.2 Å². The van der Waals surface area contributed by atoms with Crippen molar-refractivity contribution in [3.63, 3.8) is 0 Å². The lowest BCUT2D eigenvalue weighted by Gasteiger charge is -2.23. The standard InChI is InChI=1S/C21H32N4O2/c1-21(2,3)27-20(26)24-18-10-11-25(14-18)19(22-4)23-13-15-8-9-16-6-5-7-17(16)12-15/h8-9,12,18H,5-7,10-11,13-14H2,1-4H3,(H,22,23)(H,24,26). The molecule has 0 spiro atoms. The number of likely N-dealkylation sites (tertiary alicyclic amines) is 1. The molecule has 0 saturated carbocycles. The van der Waals surface area contributed by atoms with Crippen LogP contribution in [0.5, 0.6) is 0 Å². The molecule has 6 heteroatoms. The van der Waals surface area contributed by atoms with Crippen molar-refractivity contribution in [1.29, 1.82) is 0 Å². The van der Waals surface area contributed by atoms with E-state index in [1.54, 1.807) is 7.05 Å². The van der Waals surface area contributed by atoms with Gasteiger partial charge in [-0.05, 0) is 63.1 Å². The molecule has 0 aromatic heterocycles. The molecule has 1 aromatic carbocycles. The third-order valence-corrected chi connectivity index (χ3v) is 5.03. The topological polar surface area (TPSA) is 66.0 Å². The number of hydrogen-bond acceptors (Lipinski definition) is 3. The molecule has 3 rings (SSSR count). The molecular weight excluding hydrogens is 340 g/mol. The number of guanidine groups is 1.